The highest BCUT2D eigenvalue weighted by Crippen LogP contribution is 2.45. The maximum absolute atomic E-state index is 13.6. The van der Waals surface area contributed by atoms with Crippen molar-refractivity contribution in [3.63, 3.8) is 0 Å². The number of halogens is 9. The van der Waals surface area contributed by atoms with Crippen LogP contribution in [0.5, 0.6) is 0 Å². The number of nitrogens with zero attached hydrogens (tertiary/aromatic N) is 1. The van der Waals surface area contributed by atoms with Gasteiger partial charge in [-0.05, 0) is 30.3 Å². The molecule has 0 N–H and O–H groups in total. The molecule has 28 heavy (non-hydrogen) atoms. The van der Waals surface area contributed by atoms with Crippen molar-refractivity contribution in [2.24, 2.45) is 0 Å². The minimum absolute atomic E-state index is 0.0596. The number of hydrogen-bond donors (Lipinski definition) is 0. The lowest BCUT2D eigenvalue weighted by atomic mass is 9.98. The number of alkyl halides is 3. The lowest BCUT2D eigenvalue weighted by Gasteiger charge is -2.17. The second-order valence-corrected chi connectivity index (χ2v) is 8.11. The summed E-state index contributed by atoms with van der Waals surface area (Å²) in [7, 11) is 0. The Morgan fingerprint density at radius 1 is 0.643 bits per heavy atom. The molecule has 0 fully saturated rings. The standard InChI is InChI=1S/C18H6Cl6F3N/c19-8-2-11(21)15(12(22)3-8)7-1-10(17(28-6-7)18(25,26)27)16-13(23)4-9(20)5-14(16)24/h1-6H. The lowest BCUT2D eigenvalue weighted by molar-refractivity contribution is -0.140. The van der Waals surface area contributed by atoms with E-state index in [9.17, 15) is 13.2 Å². The van der Waals surface area contributed by atoms with E-state index in [1.807, 2.05) is 0 Å². The van der Waals surface area contributed by atoms with Crippen LogP contribution in [-0.4, -0.2) is 4.98 Å². The van der Waals surface area contributed by atoms with E-state index in [2.05, 4.69) is 4.98 Å². The molecule has 0 spiro atoms. The fourth-order valence-electron chi connectivity index (χ4n) is 2.64. The molecule has 146 valence electrons. The topological polar surface area (TPSA) is 12.9 Å². The minimum atomic E-state index is -4.76. The van der Waals surface area contributed by atoms with Crippen molar-refractivity contribution in [1.29, 1.82) is 0 Å². The van der Waals surface area contributed by atoms with Gasteiger partial charge in [0.1, 0.15) is 0 Å². The van der Waals surface area contributed by atoms with Gasteiger partial charge in [-0.2, -0.15) is 13.2 Å². The van der Waals surface area contributed by atoms with Gasteiger partial charge in [0.2, 0.25) is 0 Å². The largest absolute Gasteiger partial charge is 0.433 e. The predicted octanol–water partition coefficient (Wildman–Crippen LogP) is 9.35. The van der Waals surface area contributed by atoms with E-state index in [-0.39, 0.29) is 52.4 Å². The molecule has 0 unspecified atom stereocenters. The smallest absolute Gasteiger partial charge is 0.251 e. The maximum atomic E-state index is 13.6. The van der Waals surface area contributed by atoms with Crippen molar-refractivity contribution in [3.05, 3.63) is 72.4 Å². The van der Waals surface area contributed by atoms with Gasteiger partial charge in [-0.1, -0.05) is 69.6 Å². The zero-order valence-electron chi connectivity index (χ0n) is 13.3. The third-order valence-electron chi connectivity index (χ3n) is 3.73. The Labute approximate surface area is 187 Å². The summed E-state index contributed by atoms with van der Waals surface area (Å²) >= 11 is 36.4. The van der Waals surface area contributed by atoms with Gasteiger partial charge in [0.25, 0.3) is 0 Å². The first-order chi connectivity index (χ1) is 13.0. The molecule has 0 aliphatic rings. The molecule has 1 heterocycles. The van der Waals surface area contributed by atoms with E-state index in [1.165, 1.54) is 30.3 Å². The molecule has 1 aromatic heterocycles. The molecule has 10 heteroatoms. The molecule has 0 atom stereocenters. The van der Waals surface area contributed by atoms with Gasteiger partial charge in [-0.15, -0.1) is 0 Å². The lowest BCUT2D eigenvalue weighted by Crippen LogP contribution is -2.10. The third kappa shape index (κ3) is 4.33. The van der Waals surface area contributed by atoms with Crippen LogP contribution in [0.4, 0.5) is 13.2 Å². The third-order valence-corrected chi connectivity index (χ3v) is 5.36. The summed E-state index contributed by atoms with van der Waals surface area (Å²) in [6.45, 7) is 0. The highest BCUT2D eigenvalue weighted by Gasteiger charge is 2.37. The molecule has 0 saturated heterocycles. The zero-order valence-corrected chi connectivity index (χ0v) is 17.8. The highest BCUT2D eigenvalue weighted by atomic mass is 35.5. The Morgan fingerprint density at radius 2 is 1.07 bits per heavy atom. The zero-order chi connectivity index (χ0) is 20.8. The van der Waals surface area contributed by atoms with Crippen molar-refractivity contribution in [2.75, 3.05) is 0 Å². The van der Waals surface area contributed by atoms with Gasteiger partial charge < -0.3 is 0 Å². The van der Waals surface area contributed by atoms with E-state index < -0.39 is 11.9 Å². The Hall–Kier alpha value is -0.880. The van der Waals surface area contributed by atoms with Crippen molar-refractivity contribution in [2.45, 2.75) is 6.18 Å². The first-order valence-electron chi connectivity index (χ1n) is 7.36. The van der Waals surface area contributed by atoms with Crippen LogP contribution in [0, 0.1) is 0 Å². The van der Waals surface area contributed by atoms with E-state index in [0.717, 1.165) is 6.20 Å². The summed E-state index contributed by atoms with van der Waals surface area (Å²) in [6.07, 6.45) is -3.74. The van der Waals surface area contributed by atoms with Crippen LogP contribution >= 0.6 is 69.6 Å². The highest BCUT2D eigenvalue weighted by molar-refractivity contribution is 6.43. The van der Waals surface area contributed by atoms with Crippen molar-refractivity contribution >= 4 is 69.6 Å². The van der Waals surface area contributed by atoms with Crippen LogP contribution < -0.4 is 0 Å². The summed E-state index contributed by atoms with van der Waals surface area (Å²) in [5, 5.41) is 0.643. The van der Waals surface area contributed by atoms with Crippen molar-refractivity contribution < 1.29 is 13.2 Å². The van der Waals surface area contributed by atoms with Crippen LogP contribution in [0.1, 0.15) is 5.69 Å². The average Bonchev–Trinajstić information content (AvgIpc) is 2.52. The van der Waals surface area contributed by atoms with E-state index in [1.54, 1.807) is 0 Å². The predicted molar refractivity (Wildman–Crippen MR) is 110 cm³/mol. The molecule has 2 aromatic carbocycles. The molecule has 1 nitrogen and oxygen atoms in total. The van der Waals surface area contributed by atoms with E-state index in [4.69, 9.17) is 69.6 Å². The normalized spacial score (nSPS) is 11.8. The van der Waals surface area contributed by atoms with Gasteiger partial charge in [0, 0.05) is 38.5 Å². The summed E-state index contributed by atoms with van der Waals surface area (Å²) in [5.41, 5.74) is -1.05. The van der Waals surface area contributed by atoms with Crippen LogP contribution in [0.15, 0.2) is 36.5 Å². The SMILES string of the molecule is FC(F)(F)c1ncc(-c2c(Cl)cc(Cl)cc2Cl)cc1-c1c(Cl)cc(Cl)cc1Cl. The van der Waals surface area contributed by atoms with Gasteiger partial charge >= 0.3 is 6.18 Å². The molecule has 0 aliphatic carbocycles. The number of aromatic nitrogens is 1. The molecule has 0 aliphatic heterocycles. The maximum Gasteiger partial charge on any atom is 0.433 e. The fraction of sp³-hybridized carbons (Fsp3) is 0.0556. The number of hydrogen-bond acceptors (Lipinski definition) is 1. The van der Waals surface area contributed by atoms with Gasteiger partial charge in [0.15, 0.2) is 5.69 Å². The molecule has 0 saturated carbocycles. The van der Waals surface area contributed by atoms with Crippen LogP contribution in [0.25, 0.3) is 22.3 Å². The number of rotatable bonds is 2. The summed E-state index contributed by atoms with van der Waals surface area (Å²) in [4.78, 5) is 3.59. The Morgan fingerprint density at radius 3 is 1.50 bits per heavy atom. The molecule has 0 radical (unpaired) electrons. The van der Waals surface area contributed by atoms with Crippen LogP contribution in [0.3, 0.4) is 0 Å². The first kappa shape index (κ1) is 21.8. The Kier molecular flexibility index (Phi) is 6.31. The van der Waals surface area contributed by atoms with Crippen molar-refractivity contribution in [1.82, 2.24) is 4.98 Å². The van der Waals surface area contributed by atoms with Gasteiger partial charge in [0.05, 0.1) is 20.1 Å². The Bertz CT molecular complexity index is 1040. The van der Waals surface area contributed by atoms with Crippen molar-refractivity contribution in [3.8, 4) is 22.3 Å². The number of pyridine rings is 1. The van der Waals surface area contributed by atoms with Crippen LogP contribution in [0.2, 0.25) is 30.1 Å². The van der Waals surface area contributed by atoms with Gasteiger partial charge in [-0.25, -0.2) is 0 Å². The fourth-order valence-corrected chi connectivity index (χ4v) is 4.69. The summed E-state index contributed by atoms with van der Waals surface area (Å²) < 4.78 is 40.7. The first-order valence-corrected chi connectivity index (χ1v) is 9.63. The second kappa shape index (κ2) is 8.10. The van der Waals surface area contributed by atoms with Gasteiger partial charge in [-0.3, -0.25) is 4.98 Å². The van der Waals surface area contributed by atoms with Crippen LogP contribution in [-0.2, 0) is 6.18 Å². The van der Waals surface area contributed by atoms with E-state index >= 15 is 0 Å². The molecular formula is C18H6Cl6F3N. The average molecular weight is 506 g/mol. The number of benzene rings is 2. The quantitative estimate of drug-likeness (QED) is 0.338. The molecule has 0 bridgehead atoms. The Balaban J connectivity index is 2.35. The monoisotopic (exact) mass is 503 g/mol. The summed E-state index contributed by atoms with van der Waals surface area (Å²) in [5.74, 6) is 0. The van der Waals surface area contributed by atoms with E-state index in [0.29, 0.717) is 0 Å². The molecule has 3 rings (SSSR count). The molecule has 0 amide bonds. The second-order valence-electron chi connectivity index (χ2n) is 5.61. The molecular weight excluding hydrogens is 500 g/mol. The summed E-state index contributed by atoms with van der Waals surface area (Å²) in [6, 6.07) is 6.64. The molecule has 3 aromatic rings. The minimum Gasteiger partial charge on any atom is -0.251 e.